The van der Waals surface area contributed by atoms with Crippen molar-refractivity contribution in [1.82, 2.24) is 5.32 Å². The van der Waals surface area contributed by atoms with Crippen molar-refractivity contribution in [2.75, 3.05) is 7.05 Å². The lowest BCUT2D eigenvalue weighted by atomic mass is 10.0. The molecule has 1 rings (SSSR count). The molecule has 17 heavy (non-hydrogen) atoms. The molecule has 0 aliphatic carbocycles. The smallest absolute Gasteiger partial charge is 0.224 e. The van der Waals surface area contributed by atoms with Gasteiger partial charge in [-0.05, 0) is 11.1 Å². The zero-order valence-electron chi connectivity index (χ0n) is 9.42. The Kier molecular flexibility index (Phi) is 4.64. The third kappa shape index (κ3) is 3.55. The summed E-state index contributed by atoms with van der Waals surface area (Å²) >= 11 is 0. The molecular weight excluding hydrogens is 220 g/mol. The Bertz CT molecular complexity index is 422. The molecule has 1 aromatic carbocycles. The van der Waals surface area contributed by atoms with Gasteiger partial charge in [0.15, 0.2) is 6.10 Å². The van der Waals surface area contributed by atoms with E-state index in [0.29, 0.717) is 5.56 Å². The highest BCUT2D eigenvalue weighted by Crippen LogP contribution is 2.17. The van der Waals surface area contributed by atoms with Gasteiger partial charge in [-0.3, -0.25) is 4.79 Å². The number of nitrogens with zero attached hydrogens (tertiary/aromatic N) is 1. The van der Waals surface area contributed by atoms with Gasteiger partial charge >= 0.3 is 0 Å². The molecule has 5 nitrogen and oxygen atoms in total. The van der Waals surface area contributed by atoms with E-state index in [0.717, 1.165) is 5.56 Å². The zero-order chi connectivity index (χ0) is 12.8. The summed E-state index contributed by atoms with van der Waals surface area (Å²) in [5, 5.41) is 29.7. The van der Waals surface area contributed by atoms with E-state index in [1.165, 1.54) is 0 Å². The van der Waals surface area contributed by atoms with Crippen LogP contribution in [-0.2, 0) is 11.2 Å². The summed E-state index contributed by atoms with van der Waals surface area (Å²) in [5.74, 6) is -0.102. The summed E-state index contributed by atoms with van der Waals surface area (Å²) < 4.78 is 0. The minimum absolute atomic E-state index is 0.102. The van der Waals surface area contributed by atoms with Crippen LogP contribution in [0.15, 0.2) is 24.3 Å². The van der Waals surface area contributed by atoms with E-state index >= 15 is 0 Å². The number of nitriles is 1. The molecule has 0 heterocycles. The van der Waals surface area contributed by atoms with Crippen molar-refractivity contribution in [3.63, 3.8) is 0 Å². The van der Waals surface area contributed by atoms with Crippen LogP contribution in [0.5, 0.6) is 0 Å². The predicted octanol–water partition coefficient (Wildman–Crippen LogP) is -0.107. The average molecular weight is 234 g/mol. The first kappa shape index (κ1) is 13.2. The molecule has 2 atom stereocenters. The van der Waals surface area contributed by atoms with E-state index in [4.69, 9.17) is 10.4 Å². The molecule has 2 unspecified atom stereocenters. The Labute approximate surface area is 99.3 Å². The van der Waals surface area contributed by atoms with Crippen molar-refractivity contribution in [2.24, 2.45) is 0 Å². The summed E-state index contributed by atoms with van der Waals surface area (Å²) in [5.41, 5.74) is 1.24. The van der Waals surface area contributed by atoms with Crippen molar-refractivity contribution < 1.29 is 15.0 Å². The first-order chi connectivity index (χ1) is 8.08. The van der Waals surface area contributed by atoms with Crippen LogP contribution in [0.3, 0.4) is 0 Å². The maximum absolute atomic E-state index is 11.1. The number of rotatable bonds is 4. The number of carbonyl (C=O) groups is 1. The third-order valence-corrected chi connectivity index (χ3v) is 2.40. The fraction of sp³-hybridized carbons (Fsp3) is 0.333. The quantitative estimate of drug-likeness (QED) is 0.634. The van der Waals surface area contributed by atoms with Crippen LogP contribution in [0.4, 0.5) is 0 Å². The van der Waals surface area contributed by atoms with Crippen LogP contribution in [0.1, 0.15) is 17.2 Å². The summed E-state index contributed by atoms with van der Waals surface area (Å²) in [6.45, 7) is 0. The van der Waals surface area contributed by atoms with Crippen molar-refractivity contribution >= 4 is 5.91 Å². The lowest BCUT2D eigenvalue weighted by Crippen LogP contribution is -2.20. The molecule has 0 radical (unpaired) electrons. The maximum atomic E-state index is 11.1. The van der Waals surface area contributed by atoms with Crippen molar-refractivity contribution in [2.45, 2.75) is 18.6 Å². The summed E-state index contributed by atoms with van der Waals surface area (Å²) in [7, 11) is 1.56. The monoisotopic (exact) mass is 234 g/mol. The molecule has 5 heteroatoms. The number of aliphatic hydroxyl groups is 2. The largest absolute Gasteiger partial charge is 0.385 e. The van der Waals surface area contributed by atoms with E-state index in [1.54, 1.807) is 37.4 Å². The number of amides is 1. The number of carbonyl (C=O) groups excluding carboxylic acids is 1. The van der Waals surface area contributed by atoms with Crippen LogP contribution in [0.2, 0.25) is 0 Å². The van der Waals surface area contributed by atoms with Gasteiger partial charge in [0.1, 0.15) is 6.10 Å². The highest BCUT2D eigenvalue weighted by Gasteiger charge is 2.17. The first-order valence-electron chi connectivity index (χ1n) is 5.13. The van der Waals surface area contributed by atoms with Gasteiger partial charge in [-0.1, -0.05) is 24.3 Å². The first-order valence-corrected chi connectivity index (χ1v) is 5.13. The molecule has 0 aliphatic rings. The molecule has 0 saturated carbocycles. The van der Waals surface area contributed by atoms with E-state index in [9.17, 15) is 9.90 Å². The molecule has 0 aromatic heterocycles. The Morgan fingerprint density at radius 3 is 2.47 bits per heavy atom. The fourth-order valence-corrected chi connectivity index (χ4v) is 1.36. The minimum atomic E-state index is -1.44. The predicted molar refractivity (Wildman–Crippen MR) is 60.8 cm³/mol. The van der Waals surface area contributed by atoms with Gasteiger partial charge in [0, 0.05) is 7.05 Å². The second-order valence-corrected chi connectivity index (χ2v) is 3.61. The Balaban J connectivity index is 2.75. The number of likely N-dealkylation sites (N-methyl/N-ethyl adjacent to an activating group) is 1. The normalized spacial score (nSPS) is 13.5. The van der Waals surface area contributed by atoms with Crippen LogP contribution in [0, 0.1) is 11.3 Å². The van der Waals surface area contributed by atoms with Gasteiger partial charge in [0.25, 0.3) is 0 Å². The Morgan fingerprint density at radius 2 is 2.00 bits per heavy atom. The summed E-state index contributed by atoms with van der Waals surface area (Å²) in [4.78, 5) is 11.1. The molecule has 0 saturated heterocycles. The van der Waals surface area contributed by atoms with E-state index in [-0.39, 0.29) is 12.3 Å². The number of hydrogen-bond acceptors (Lipinski definition) is 4. The van der Waals surface area contributed by atoms with Crippen LogP contribution >= 0.6 is 0 Å². The molecule has 0 bridgehead atoms. The van der Waals surface area contributed by atoms with Gasteiger partial charge in [-0.15, -0.1) is 0 Å². The van der Waals surface area contributed by atoms with Gasteiger partial charge in [0.05, 0.1) is 12.5 Å². The fourth-order valence-electron chi connectivity index (χ4n) is 1.36. The number of nitrogens with one attached hydrogen (secondary N) is 1. The second kappa shape index (κ2) is 5.99. The maximum Gasteiger partial charge on any atom is 0.224 e. The van der Waals surface area contributed by atoms with E-state index < -0.39 is 12.2 Å². The average Bonchev–Trinajstić information content (AvgIpc) is 2.37. The Hall–Kier alpha value is -1.90. The molecule has 3 N–H and O–H groups in total. The second-order valence-electron chi connectivity index (χ2n) is 3.61. The lowest BCUT2D eigenvalue weighted by Gasteiger charge is -2.12. The van der Waals surface area contributed by atoms with Gasteiger partial charge in [-0.2, -0.15) is 5.26 Å². The van der Waals surface area contributed by atoms with Gasteiger partial charge in [-0.25, -0.2) is 0 Å². The molecular formula is C12H14N2O3. The molecule has 0 fully saturated rings. The van der Waals surface area contributed by atoms with Gasteiger partial charge < -0.3 is 15.5 Å². The third-order valence-electron chi connectivity index (χ3n) is 2.40. The molecule has 1 aromatic rings. The van der Waals surface area contributed by atoms with Crippen LogP contribution < -0.4 is 5.32 Å². The summed E-state index contributed by atoms with van der Waals surface area (Å²) in [6.07, 6.45) is -2.41. The molecule has 90 valence electrons. The highest BCUT2D eigenvalue weighted by molar-refractivity contribution is 5.78. The lowest BCUT2D eigenvalue weighted by molar-refractivity contribution is -0.119. The van der Waals surface area contributed by atoms with Crippen molar-refractivity contribution in [1.29, 1.82) is 5.26 Å². The van der Waals surface area contributed by atoms with Crippen molar-refractivity contribution in [3.8, 4) is 6.07 Å². The number of aliphatic hydroxyl groups excluding tert-OH is 2. The van der Waals surface area contributed by atoms with Crippen molar-refractivity contribution in [3.05, 3.63) is 35.4 Å². The van der Waals surface area contributed by atoms with E-state index in [1.807, 2.05) is 0 Å². The van der Waals surface area contributed by atoms with E-state index in [2.05, 4.69) is 5.32 Å². The summed E-state index contributed by atoms with van der Waals surface area (Å²) in [6, 6.07) is 8.09. The number of hydrogen-bond donors (Lipinski definition) is 3. The Morgan fingerprint density at radius 1 is 1.41 bits per heavy atom. The topological polar surface area (TPSA) is 93.3 Å². The van der Waals surface area contributed by atoms with Crippen LogP contribution in [0.25, 0.3) is 0 Å². The molecule has 0 aliphatic heterocycles. The SMILES string of the molecule is CNC(=O)Cc1ccc(C(O)C(O)C#N)cc1. The highest BCUT2D eigenvalue weighted by atomic mass is 16.3. The van der Waals surface area contributed by atoms with Crippen LogP contribution in [-0.4, -0.2) is 29.3 Å². The molecule has 1 amide bonds. The minimum Gasteiger partial charge on any atom is -0.385 e. The van der Waals surface area contributed by atoms with Gasteiger partial charge in [0.2, 0.25) is 5.91 Å². The molecule has 0 spiro atoms. The zero-order valence-corrected chi connectivity index (χ0v) is 9.42. The standard InChI is InChI=1S/C12H14N2O3/c1-14-11(16)6-8-2-4-9(5-3-8)12(17)10(15)7-13/h2-5,10,12,15,17H,6H2,1H3,(H,14,16). The number of benzene rings is 1.